The van der Waals surface area contributed by atoms with Crippen LogP contribution in [0.2, 0.25) is 0 Å². The molecule has 0 saturated carbocycles. The van der Waals surface area contributed by atoms with Crippen LogP contribution in [0.1, 0.15) is 13.8 Å². The van der Waals surface area contributed by atoms with E-state index in [1.165, 1.54) is 12.1 Å². The molecule has 0 amide bonds. The molecule has 0 bridgehead atoms. The van der Waals surface area contributed by atoms with E-state index in [-0.39, 0.29) is 11.4 Å². The number of hydrogen-bond acceptors (Lipinski definition) is 3. The number of halogens is 1. The van der Waals surface area contributed by atoms with Crippen LogP contribution in [0.15, 0.2) is 24.3 Å². The van der Waals surface area contributed by atoms with Crippen molar-refractivity contribution in [3.8, 4) is 0 Å². The van der Waals surface area contributed by atoms with E-state index in [9.17, 15) is 4.39 Å². The Labute approximate surface area is 115 Å². The van der Waals surface area contributed by atoms with Crippen molar-refractivity contribution < 1.29 is 4.39 Å². The standard InChI is InChI=1S/C15H24FN3/c1-15(2)11-19(10-13(17-15)9-18(3)4)14-7-5-12(16)6-8-14/h5-8,13,17H,9-11H2,1-4H3. The van der Waals surface area contributed by atoms with Gasteiger partial charge >= 0.3 is 0 Å². The van der Waals surface area contributed by atoms with Gasteiger partial charge in [-0.1, -0.05) is 0 Å². The minimum atomic E-state index is -0.178. The fourth-order valence-electron chi connectivity index (χ4n) is 2.84. The molecule has 1 aliphatic rings. The second kappa shape index (κ2) is 5.47. The van der Waals surface area contributed by atoms with Gasteiger partial charge in [0.15, 0.2) is 0 Å². The highest BCUT2D eigenvalue weighted by Gasteiger charge is 2.32. The largest absolute Gasteiger partial charge is 0.368 e. The molecular weight excluding hydrogens is 241 g/mol. The molecule has 3 nitrogen and oxygen atoms in total. The SMILES string of the molecule is CN(C)CC1CN(c2ccc(F)cc2)CC(C)(C)N1. The predicted molar refractivity (Wildman–Crippen MR) is 78.2 cm³/mol. The van der Waals surface area contributed by atoms with E-state index >= 15 is 0 Å². The molecule has 1 saturated heterocycles. The Morgan fingerprint density at radius 2 is 1.95 bits per heavy atom. The highest BCUT2D eigenvalue weighted by Crippen LogP contribution is 2.22. The molecule has 0 radical (unpaired) electrons. The molecule has 1 aliphatic heterocycles. The summed E-state index contributed by atoms with van der Waals surface area (Å²) < 4.78 is 13.0. The lowest BCUT2D eigenvalue weighted by Gasteiger charge is -2.45. The third-order valence-electron chi connectivity index (χ3n) is 3.40. The number of benzene rings is 1. The molecular formula is C15H24FN3. The fourth-order valence-corrected chi connectivity index (χ4v) is 2.84. The average Bonchev–Trinajstić information content (AvgIpc) is 2.26. The van der Waals surface area contributed by atoms with Gasteiger partial charge in [0.05, 0.1) is 0 Å². The maximum atomic E-state index is 13.0. The van der Waals surface area contributed by atoms with Crippen LogP contribution in [0, 0.1) is 5.82 Å². The molecule has 2 rings (SSSR count). The van der Waals surface area contributed by atoms with E-state index in [0.29, 0.717) is 6.04 Å². The molecule has 1 heterocycles. The lowest BCUT2D eigenvalue weighted by molar-refractivity contribution is 0.244. The highest BCUT2D eigenvalue weighted by molar-refractivity contribution is 5.47. The van der Waals surface area contributed by atoms with Crippen molar-refractivity contribution in [1.82, 2.24) is 10.2 Å². The lowest BCUT2D eigenvalue weighted by Crippen LogP contribution is -2.64. The van der Waals surface area contributed by atoms with Crippen LogP contribution in [0.4, 0.5) is 10.1 Å². The van der Waals surface area contributed by atoms with E-state index in [4.69, 9.17) is 0 Å². The smallest absolute Gasteiger partial charge is 0.123 e. The fraction of sp³-hybridized carbons (Fsp3) is 0.600. The minimum Gasteiger partial charge on any atom is -0.368 e. The summed E-state index contributed by atoms with van der Waals surface area (Å²) in [5, 5.41) is 3.68. The number of nitrogens with one attached hydrogen (secondary N) is 1. The summed E-state index contributed by atoms with van der Waals surface area (Å²) >= 11 is 0. The summed E-state index contributed by atoms with van der Waals surface area (Å²) in [6.07, 6.45) is 0. The number of nitrogens with zero attached hydrogens (tertiary/aromatic N) is 2. The number of anilines is 1. The maximum absolute atomic E-state index is 13.0. The van der Waals surface area contributed by atoms with E-state index < -0.39 is 0 Å². The van der Waals surface area contributed by atoms with Crippen molar-refractivity contribution in [2.24, 2.45) is 0 Å². The van der Waals surface area contributed by atoms with Crippen LogP contribution >= 0.6 is 0 Å². The summed E-state index contributed by atoms with van der Waals surface area (Å²) in [7, 11) is 4.18. The van der Waals surface area contributed by atoms with Gasteiger partial charge in [-0.2, -0.15) is 0 Å². The zero-order chi connectivity index (χ0) is 14.0. The first-order valence-electron chi connectivity index (χ1n) is 6.79. The molecule has 1 N–H and O–H groups in total. The van der Waals surface area contributed by atoms with Gasteiger partial charge in [0.2, 0.25) is 0 Å². The van der Waals surface area contributed by atoms with Crippen LogP contribution in [0.5, 0.6) is 0 Å². The van der Waals surface area contributed by atoms with E-state index in [1.54, 1.807) is 0 Å². The van der Waals surface area contributed by atoms with Crippen molar-refractivity contribution in [1.29, 1.82) is 0 Å². The van der Waals surface area contributed by atoms with Gasteiger partial charge in [0.1, 0.15) is 5.82 Å². The number of hydrogen-bond donors (Lipinski definition) is 1. The summed E-state index contributed by atoms with van der Waals surface area (Å²) in [6.45, 7) is 7.31. The van der Waals surface area contributed by atoms with Gasteiger partial charge in [-0.05, 0) is 52.2 Å². The monoisotopic (exact) mass is 265 g/mol. The first-order valence-corrected chi connectivity index (χ1v) is 6.79. The third kappa shape index (κ3) is 3.91. The van der Waals surface area contributed by atoms with E-state index in [0.717, 1.165) is 25.3 Å². The molecule has 1 fully saturated rings. The maximum Gasteiger partial charge on any atom is 0.123 e. The first-order chi connectivity index (χ1) is 8.85. The Kier molecular flexibility index (Phi) is 4.11. The number of rotatable bonds is 3. The van der Waals surface area contributed by atoms with Crippen molar-refractivity contribution in [3.63, 3.8) is 0 Å². The molecule has 1 aromatic rings. The second-order valence-electron chi connectivity index (χ2n) is 6.34. The third-order valence-corrected chi connectivity index (χ3v) is 3.40. The number of likely N-dealkylation sites (N-methyl/N-ethyl adjacent to an activating group) is 1. The summed E-state index contributed by atoms with van der Waals surface area (Å²) in [6, 6.07) is 7.22. The topological polar surface area (TPSA) is 18.5 Å². The molecule has 0 aliphatic carbocycles. The first kappa shape index (κ1) is 14.3. The second-order valence-corrected chi connectivity index (χ2v) is 6.34. The quantitative estimate of drug-likeness (QED) is 0.901. The molecule has 1 aromatic carbocycles. The van der Waals surface area contributed by atoms with Crippen LogP contribution in [-0.4, -0.2) is 50.2 Å². The van der Waals surface area contributed by atoms with Gasteiger partial charge in [0.25, 0.3) is 0 Å². The Morgan fingerprint density at radius 1 is 1.32 bits per heavy atom. The van der Waals surface area contributed by atoms with Crippen LogP contribution < -0.4 is 10.2 Å². The van der Waals surface area contributed by atoms with Crippen molar-refractivity contribution in [3.05, 3.63) is 30.1 Å². The van der Waals surface area contributed by atoms with E-state index in [2.05, 4.69) is 43.1 Å². The van der Waals surface area contributed by atoms with Crippen molar-refractivity contribution >= 4 is 5.69 Å². The molecule has 0 aromatic heterocycles. The van der Waals surface area contributed by atoms with Crippen LogP contribution in [0.25, 0.3) is 0 Å². The lowest BCUT2D eigenvalue weighted by atomic mass is 9.97. The van der Waals surface area contributed by atoms with Gasteiger partial charge < -0.3 is 15.1 Å². The predicted octanol–water partition coefficient (Wildman–Crippen LogP) is 1.94. The molecule has 4 heteroatoms. The Bertz CT molecular complexity index is 414. The van der Waals surface area contributed by atoms with Crippen molar-refractivity contribution in [2.45, 2.75) is 25.4 Å². The molecule has 106 valence electrons. The Hall–Kier alpha value is -1.13. The molecule has 19 heavy (non-hydrogen) atoms. The van der Waals surface area contributed by atoms with Gasteiger partial charge in [-0.25, -0.2) is 4.39 Å². The van der Waals surface area contributed by atoms with Gasteiger partial charge in [-0.3, -0.25) is 0 Å². The van der Waals surface area contributed by atoms with E-state index in [1.807, 2.05) is 12.1 Å². The van der Waals surface area contributed by atoms with Gasteiger partial charge in [-0.15, -0.1) is 0 Å². The highest BCUT2D eigenvalue weighted by atomic mass is 19.1. The Morgan fingerprint density at radius 3 is 2.53 bits per heavy atom. The minimum absolute atomic E-state index is 0.0628. The molecule has 1 unspecified atom stereocenters. The summed E-state index contributed by atoms with van der Waals surface area (Å²) in [4.78, 5) is 4.53. The summed E-state index contributed by atoms with van der Waals surface area (Å²) in [5.41, 5.74) is 1.16. The average molecular weight is 265 g/mol. The van der Waals surface area contributed by atoms with Crippen molar-refractivity contribution in [2.75, 3.05) is 38.6 Å². The zero-order valence-corrected chi connectivity index (χ0v) is 12.3. The van der Waals surface area contributed by atoms with Gasteiger partial charge in [0, 0.05) is 36.9 Å². The summed E-state index contributed by atoms with van der Waals surface area (Å²) in [5.74, 6) is -0.178. The number of piperazine rings is 1. The molecule has 0 spiro atoms. The molecule has 1 atom stereocenters. The Balaban J connectivity index is 2.13. The zero-order valence-electron chi connectivity index (χ0n) is 12.3. The van der Waals surface area contributed by atoms with Crippen LogP contribution in [0.3, 0.4) is 0 Å². The normalized spacial score (nSPS) is 22.8. The van der Waals surface area contributed by atoms with Crippen LogP contribution in [-0.2, 0) is 0 Å².